The molecule has 0 amide bonds. The minimum absolute atomic E-state index is 0.772. The van der Waals surface area contributed by atoms with Crippen LogP contribution in [0.5, 0.6) is 0 Å². The molecule has 0 fully saturated rings. The summed E-state index contributed by atoms with van der Waals surface area (Å²) in [7, 11) is 0. The Hall–Kier alpha value is -1.38. The van der Waals surface area contributed by atoms with Gasteiger partial charge in [-0.25, -0.2) is 0 Å². The van der Waals surface area contributed by atoms with Gasteiger partial charge in [0.2, 0.25) is 0 Å². The van der Waals surface area contributed by atoms with Gasteiger partial charge < -0.3 is 5.41 Å². The van der Waals surface area contributed by atoms with Crippen LogP contribution < -0.4 is 5.43 Å². The highest BCUT2D eigenvalue weighted by Gasteiger charge is 2.10. The van der Waals surface area contributed by atoms with Crippen molar-refractivity contribution in [1.29, 1.82) is 5.41 Å². The largest absolute Gasteiger partial charge is 0.308 e. The third-order valence-corrected chi connectivity index (χ3v) is 1.75. The predicted molar refractivity (Wildman–Crippen MR) is 46.9 cm³/mol. The number of hydrogen-bond donors (Lipinski definition) is 2. The third-order valence-electron chi connectivity index (χ3n) is 1.75. The number of rotatable bonds is 1. The maximum Gasteiger partial charge on any atom is 0.0667 e. The standard InChI is InChI=1S/C8H11N3/c1-5-6(2)10-11-7(3)8(5)4-9/h4,9-10H,2H2,1,3H3. The van der Waals surface area contributed by atoms with E-state index in [2.05, 4.69) is 17.1 Å². The van der Waals surface area contributed by atoms with Crippen LogP contribution in [0, 0.1) is 5.41 Å². The quantitative estimate of drug-likeness (QED) is 0.544. The van der Waals surface area contributed by atoms with Gasteiger partial charge in [0, 0.05) is 11.8 Å². The lowest BCUT2D eigenvalue weighted by Crippen LogP contribution is -2.18. The normalized spacial score (nSPS) is 17.6. The Kier molecular flexibility index (Phi) is 1.89. The molecular weight excluding hydrogens is 138 g/mol. The van der Waals surface area contributed by atoms with E-state index in [1.165, 1.54) is 6.21 Å². The van der Waals surface area contributed by atoms with E-state index in [1.807, 2.05) is 13.8 Å². The van der Waals surface area contributed by atoms with Crippen molar-refractivity contribution in [2.75, 3.05) is 0 Å². The molecule has 0 bridgehead atoms. The van der Waals surface area contributed by atoms with Gasteiger partial charge in [0.1, 0.15) is 0 Å². The number of allylic oxidation sites excluding steroid dienone is 2. The first-order valence-electron chi connectivity index (χ1n) is 3.38. The summed E-state index contributed by atoms with van der Waals surface area (Å²) in [4.78, 5) is 0. The van der Waals surface area contributed by atoms with Gasteiger partial charge in [-0.15, -0.1) is 0 Å². The topological polar surface area (TPSA) is 48.2 Å². The minimum Gasteiger partial charge on any atom is -0.308 e. The lowest BCUT2D eigenvalue weighted by Gasteiger charge is -2.15. The van der Waals surface area contributed by atoms with Crippen LogP contribution >= 0.6 is 0 Å². The fraction of sp³-hybridized carbons (Fsp3) is 0.250. The summed E-state index contributed by atoms with van der Waals surface area (Å²) in [5.74, 6) is 0. The zero-order chi connectivity index (χ0) is 8.43. The van der Waals surface area contributed by atoms with Crippen LogP contribution in [0.25, 0.3) is 0 Å². The van der Waals surface area contributed by atoms with Crippen LogP contribution in [0.3, 0.4) is 0 Å². The molecule has 0 saturated carbocycles. The van der Waals surface area contributed by atoms with Crippen molar-refractivity contribution in [3.8, 4) is 0 Å². The summed E-state index contributed by atoms with van der Waals surface area (Å²) in [6.07, 6.45) is 1.31. The molecule has 3 nitrogen and oxygen atoms in total. The first-order chi connectivity index (χ1) is 5.16. The molecule has 2 N–H and O–H groups in total. The summed E-state index contributed by atoms with van der Waals surface area (Å²) < 4.78 is 0. The second kappa shape index (κ2) is 2.70. The Morgan fingerprint density at radius 2 is 2.18 bits per heavy atom. The van der Waals surface area contributed by atoms with Crippen LogP contribution in [0.15, 0.2) is 28.5 Å². The van der Waals surface area contributed by atoms with E-state index in [0.717, 1.165) is 22.6 Å². The second-order valence-electron chi connectivity index (χ2n) is 2.47. The van der Waals surface area contributed by atoms with Gasteiger partial charge in [0.15, 0.2) is 0 Å². The van der Waals surface area contributed by atoms with Crippen LogP contribution in [-0.2, 0) is 0 Å². The summed E-state index contributed by atoms with van der Waals surface area (Å²) in [5, 5.41) is 11.1. The van der Waals surface area contributed by atoms with Gasteiger partial charge in [-0.1, -0.05) is 6.58 Å². The highest BCUT2D eigenvalue weighted by molar-refractivity contribution is 6.15. The van der Waals surface area contributed by atoms with E-state index < -0.39 is 0 Å². The molecule has 0 radical (unpaired) electrons. The van der Waals surface area contributed by atoms with Crippen molar-refractivity contribution in [1.82, 2.24) is 5.43 Å². The third kappa shape index (κ3) is 1.22. The molecule has 0 aromatic carbocycles. The van der Waals surface area contributed by atoms with Gasteiger partial charge in [-0.05, 0) is 19.4 Å². The Balaban J connectivity index is 3.15. The maximum absolute atomic E-state index is 7.12. The van der Waals surface area contributed by atoms with Gasteiger partial charge in [0.25, 0.3) is 0 Å². The Morgan fingerprint density at radius 3 is 2.64 bits per heavy atom. The summed E-state index contributed by atoms with van der Waals surface area (Å²) in [6.45, 7) is 7.54. The smallest absolute Gasteiger partial charge is 0.0667 e. The molecule has 0 aliphatic carbocycles. The number of nitrogens with zero attached hydrogens (tertiary/aromatic N) is 1. The van der Waals surface area contributed by atoms with E-state index in [1.54, 1.807) is 0 Å². The molecule has 1 aliphatic heterocycles. The number of nitrogens with one attached hydrogen (secondary N) is 2. The maximum atomic E-state index is 7.12. The van der Waals surface area contributed by atoms with Gasteiger partial charge >= 0.3 is 0 Å². The molecule has 0 saturated heterocycles. The zero-order valence-corrected chi connectivity index (χ0v) is 6.73. The van der Waals surface area contributed by atoms with Crippen molar-refractivity contribution in [2.24, 2.45) is 5.10 Å². The van der Waals surface area contributed by atoms with Crippen LogP contribution in [0.1, 0.15) is 13.8 Å². The van der Waals surface area contributed by atoms with E-state index in [0.29, 0.717) is 0 Å². The molecular formula is C8H11N3. The molecule has 58 valence electrons. The fourth-order valence-corrected chi connectivity index (χ4v) is 0.942. The second-order valence-corrected chi connectivity index (χ2v) is 2.47. The molecule has 1 aliphatic rings. The summed E-state index contributed by atoms with van der Waals surface area (Å²) in [5.41, 5.74) is 6.24. The number of hydrazone groups is 1. The van der Waals surface area contributed by atoms with E-state index >= 15 is 0 Å². The lowest BCUT2D eigenvalue weighted by atomic mass is 10.0. The molecule has 3 heteroatoms. The monoisotopic (exact) mass is 149 g/mol. The van der Waals surface area contributed by atoms with Crippen molar-refractivity contribution < 1.29 is 0 Å². The Bertz CT molecular complexity index is 271. The van der Waals surface area contributed by atoms with Crippen LogP contribution in [0.4, 0.5) is 0 Å². The van der Waals surface area contributed by atoms with Crippen molar-refractivity contribution in [3.05, 3.63) is 23.4 Å². The SMILES string of the molecule is C=C1NN=C(C)C(C=N)=C1C. The molecule has 1 heterocycles. The zero-order valence-electron chi connectivity index (χ0n) is 6.73. The van der Waals surface area contributed by atoms with Crippen molar-refractivity contribution >= 4 is 11.9 Å². The van der Waals surface area contributed by atoms with Gasteiger partial charge in [0.05, 0.1) is 11.4 Å². The highest BCUT2D eigenvalue weighted by atomic mass is 15.3. The molecule has 0 aromatic heterocycles. The Morgan fingerprint density at radius 1 is 1.55 bits per heavy atom. The van der Waals surface area contributed by atoms with E-state index in [-0.39, 0.29) is 0 Å². The molecule has 1 rings (SSSR count). The average molecular weight is 149 g/mol. The summed E-state index contributed by atoms with van der Waals surface area (Å²) in [6, 6.07) is 0. The summed E-state index contributed by atoms with van der Waals surface area (Å²) >= 11 is 0. The molecule has 11 heavy (non-hydrogen) atoms. The molecule has 0 aromatic rings. The number of hydrogen-bond acceptors (Lipinski definition) is 3. The Labute approximate surface area is 66.0 Å². The van der Waals surface area contributed by atoms with Crippen molar-refractivity contribution in [2.45, 2.75) is 13.8 Å². The average Bonchev–Trinajstić information content (AvgIpc) is 1.99. The molecule has 0 atom stereocenters. The fourth-order valence-electron chi connectivity index (χ4n) is 0.942. The lowest BCUT2D eigenvalue weighted by molar-refractivity contribution is 0.884. The highest BCUT2D eigenvalue weighted by Crippen LogP contribution is 2.14. The van der Waals surface area contributed by atoms with E-state index in [9.17, 15) is 0 Å². The van der Waals surface area contributed by atoms with E-state index in [4.69, 9.17) is 5.41 Å². The van der Waals surface area contributed by atoms with Crippen LogP contribution in [0.2, 0.25) is 0 Å². The minimum atomic E-state index is 0.772. The van der Waals surface area contributed by atoms with Gasteiger partial charge in [-0.2, -0.15) is 5.10 Å². The first kappa shape index (κ1) is 7.72. The van der Waals surface area contributed by atoms with Crippen molar-refractivity contribution in [3.63, 3.8) is 0 Å². The molecule has 0 unspecified atom stereocenters. The van der Waals surface area contributed by atoms with Crippen LogP contribution in [-0.4, -0.2) is 11.9 Å². The first-order valence-corrected chi connectivity index (χ1v) is 3.38. The molecule has 0 spiro atoms. The van der Waals surface area contributed by atoms with Gasteiger partial charge in [-0.3, -0.25) is 5.43 Å². The predicted octanol–water partition coefficient (Wildman–Crippen LogP) is 1.45.